The number of nitrogens with two attached hydrogens (primary N) is 1. The molecule has 0 saturated heterocycles. The first-order valence-electron chi connectivity index (χ1n) is 5.84. The Kier molecular flexibility index (Phi) is 23.0. The van der Waals surface area contributed by atoms with E-state index in [1.807, 2.05) is 13.8 Å². The fourth-order valence-electron chi connectivity index (χ4n) is 0.767. The van der Waals surface area contributed by atoms with Gasteiger partial charge in [0.15, 0.2) is 0 Å². The van der Waals surface area contributed by atoms with Crippen LogP contribution in [-0.4, -0.2) is 59.9 Å². The van der Waals surface area contributed by atoms with E-state index in [0.717, 1.165) is 0 Å². The molecule has 0 aromatic heterocycles. The molecule has 2 N–H and O–H groups in total. The van der Waals surface area contributed by atoms with E-state index >= 15 is 0 Å². The van der Waals surface area contributed by atoms with Gasteiger partial charge in [0.25, 0.3) is 0 Å². The van der Waals surface area contributed by atoms with Gasteiger partial charge in [-0.05, 0) is 0 Å². The van der Waals surface area contributed by atoms with Crippen LogP contribution >= 0.6 is 0 Å². The Bertz CT molecular complexity index is 97.5. The monoisotopic (exact) mass is 239 g/mol. The Morgan fingerprint density at radius 3 is 1.50 bits per heavy atom. The molecule has 0 spiro atoms. The molecule has 0 aliphatic rings. The average Bonchev–Trinajstić information content (AvgIpc) is 2.34. The van der Waals surface area contributed by atoms with Crippen molar-refractivity contribution >= 4 is 0 Å². The Morgan fingerprint density at radius 1 is 0.750 bits per heavy atom. The molecule has 0 aliphatic carbocycles. The molecular weight excluding hydrogens is 210 g/mol. The molecule has 0 amide bonds. The number of rotatable bonds is 11. The molecule has 0 unspecified atom stereocenters. The Labute approximate surface area is 101 Å². The van der Waals surface area contributed by atoms with E-state index < -0.39 is 0 Å². The number of ether oxygens (including phenoxy) is 4. The lowest BCUT2D eigenvalue weighted by atomic mass is 10.7. The van der Waals surface area contributed by atoms with Gasteiger partial charge in [-0.1, -0.05) is 13.8 Å². The molecular formula is C11H29NO4. The molecule has 5 heteroatoms. The molecule has 0 bridgehead atoms. The number of hydrogen-bond donors (Lipinski definition) is 1. The Hall–Kier alpha value is -0.200. The third kappa shape index (κ3) is 19.4. The SMILES string of the molecule is CC.COCCOCCOCCOCCN.[HH]. The largest absolute Gasteiger partial charge is 0.382 e. The van der Waals surface area contributed by atoms with Gasteiger partial charge < -0.3 is 24.7 Å². The topological polar surface area (TPSA) is 62.9 Å². The van der Waals surface area contributed by atoms with Crippen molar-refractivity contribution in [1.29, 1.82) is 0 Å². The first-order valence-corrected chi connectivity index (χ1v) is 5.84. The maximum Gasteiger partial charge on any atom is 0.0701 e. The summed E-state index contributed by atoms with van der Waals surface area (Å²) in [5.41, 5.74) is 5.24. The molecule has 16 heavy (non-hydrogen) atoms. The predicted octanol–water partition coefficient (Wildman–Crippen LogP) is 0.914. The summed E-state index contributed by atoms with van der Waals surface area (Å²) in [6, 6.07) is 0. The van der Waals surface area contributed by atoms with Gasteiger partial charge in [0.2, 0.25) is 0 Å². The maximum absolute atomic E-state index is 5.24. The Balaban J connectivity index is -0.000000616. The van der Waals surface area contributed by atoms with Crippen molar-refractivity contribution in [2.75, 3.05) is 59.9 Å². The number of hydrogen-bond acceptors (Lipinski definition) is 5. The summed E-state index contributed by atoms with van der Waals surface area (Å²) in [6.07, 6.45) is 0. The molecule has 0 rings (SSSR count). The van der Waals surface area contributed by atoms with Crippen LogP contribution in [0.15, 0.2) is 0 Å². The highest BCUT2D eigenvalue weighted by molar-refractivity contribution is 4.34. The normalized spacial score (nSPS) is 9.75. The van der Waals surface area contributed by atoms with E-state index in [9.17, 15) is 0 Å². The summed E-state index contributed by atoms with van der Waals surface area (Å²) in [4.78, 5) is 0. The summed E-state index contributed by atoms with van der Waals surface area (Å²) in [6.45, 7) is 8.76. The average molecular weight is 239 g/mol. The molecule has 0 aliphatic heterocycles. The van der Waals surface area contributed by atoms with Gasteiger partial charge in [0, 0.05) is 15.1 Å². The van der Waals surface area contributed by atoms with E-state index in [-0.39, 0.29) is 1.43 Å². The standard InChI is InChI=1S/C9H21NO4.C2H6.H2/c1-11-4-5-13-8-9-14-7-6-12-3-2-10;1-2;/h2-10H2,1H3;1-2H3;1H. The van der Waals surface area contributed by atoms with E-state index in [0.29, 0.717) is 52.8 Å². The first-order chi connectivity index (χ1) is 7.91. The van der Waals surface area contributed by atoms with Gasteiger partial charge in [0.05, 0.1) is 46.2 Å². The second-order valence-corrected chi connectivity index (χ2v) is 2.62. The molecule has 0 heterocycles. The fraction of sp³-hybridized carbons (Fsp3) is 1.00. The van der Waals surface area contributed by atoms with E-state index in [1.54, 1.807) is 7.11 Å². The predicted molar refractivity (Wildman–Crippen MR) is 66.8 cm³/mol. The van der Waals surface area contributed by atoms with Crippen molar-refractivity contribution in [1.82, 2.24) is 0 Å². The van der Waals surface area contributed by atoms with Gasteiger partial charge >= 0.3 is 0 Å². The summed E-state index contributed by atoms with van der Waals surface area (Å²) in [5.74, 6) is 0. The fourth-order valence-corrected chi connectivity index (χ4v) is 0.767. The lowest BCUT2D eigenvalue weighted by Crippen LogP contribution is -2.14. The highest BCUT2D eigenvalue weighted by atomic mass is 16.6. The third-order valence-corrected chi connectivity index (χ3v) is 1.44. The van der Waals surface area contributed by atoms with Crippen molar-refractivity contribution in [3.8, 4) is 0 Å². The van der Waals surface area contributed by atoms with Crippen LogP contribution in [0.5, 0.6) is 0 Å². The van der Waals surface area contributed by atoms with Crippen LogP contribution in [0, 0.1) is 0 Å². The molecule has 0 atom stereocenters. The highest BCUT2D eigenvalue weighted by Gasteiger charge is 1.90. The second kappa shape index (κ2) is 20.2. The molecule has 0 fully saturated rings. The van der Waals surface area contributed by atoms with E-state index in [1.165, 1.54) is 0 Å². The van der Waals surface area contributed by atoms with Crippen LogP contribution in [-0.2, 0) is 18.9 Å². The van der Waals surface area contributed by atoms with Crippen molar-refractivity contribution in [3.63, 3.8) is 0 Å². The molecule has 0 aromatic carbocycles. The lowest BCUT2D eigenvalue weighted by Gasteiger charge is -2.05. The smallest absolute Gasteiger partial charge is 0.0701 e. The lowest BCUT2D eigenvalue weighted by molar-refractivity contribution is 0.00468. The van der Waals surface area contributed by atoms with Crippen LogP contribution in [0.3, 0.4) is 0 Å². The Morgan fingerprint density at radius 2 is 1.12 bits per heavy atom. The van der Waals surface area contributed by atoms with Crippen molar-refractivity contribution in [2.45, 2.75) is 13.8 Å². The van der Waals surface area contributed by atoms with Crippen LogP contribution in [0.2, 0.25) is 0 Å². The van der Waals surface area contributed by atoms with Crippen molar-refractivity contribution in [3.05, 3.63) is 0 Å². The van der Waals surface area contributed by atoms with E-state index in [4.69, 9.17) is 24.7 Å². The molecule has 102 valence electrons. The minimum atomic E-state index is 0. The molecule has 0 radical (unpaired) electrons. The van der Waals surface area contributed by atoms with Gasteiger partial charge in [-0.3, -0.25) is 0 Å². The van der Waals surface area contributed by atoms with Crippen LogP contribution in [0.4, 0.5) is 0 Å². The minimum Gasteiger partial charge on any atom is -0.382 e. The summed E-state index contributed by atoms with van der Waals surface area (Å²) < 4.78 is 20.4. The van der Waals surface area contributed by atoms with Crippen LogP contribution in [0.25, 0.3) is 0 Å². The zero-order valence-electron chi connectivity index (χ0n) is 10.9. The third-order valence-electron chi connectivity index (χ3n) is 1.44. The zero-order chi connectivity index (χ0) is 12.5. The minimum absolute atomic E-state index is 0. The summed E-state index contributed by atoms with van der Waals surface area (Å²) in [7, 11) is 1.65. The number of methoxy groups -OCH3 is 1. The van der Waals surface area contributed by atoms with Crippen LogP contribution in [0.1, 0.15) is 15.3 Å². The first kappa shape index (κ1) is 18.2. The quantitative estimate of drug-likeness (QED) is 0.543. The van der Waals surface area contributed by atoms with Gasteiger partial charge in [-0.2, -0.15) is 0 Å². The highest BCUT2D eigenvalue weighted by Crippen LogP contribution is 1.81. The summed E-state index contributed by atoms with van der Waals surface area (Å²) in [5, 5.41) is 0. The van der Waals surface area contributed by atoms with Gasteiger partial charge in [-0.15, -0.1) is 0 Å². The molecule has 0 saturated carbocycles. The zero-order valence-corrected chi connectivity index (χ0v) is 10.9. The summed E-state index contributed by atoms with van der Waals surface area (Å²) >= 11 is 0. The van der Waals surface area contributed by atoms with Crippen LogP contribution < -0.4 is 5.73 Å². The van der Waals surface area contributed by atoms with Crippen molar-refractivity contribution < 1.29 is 20.4 Å². The van der Waals surface area contributed by atoms with Gasteiger partial charge in [0.1, 0.15) is 0 Å². The van der Waals surface area contributed by atoms with E-state index in [2.05, 4.69) is 0 Å². The molecule has 5 nitrogen and oxygen atoms in total. The molecule has 0 aromatic rings. The maximum atomic E-state index is 5.24. The second-order valence-electron chi connectivity index (χ2n) is 2.62. The van der Waals surface area contributed by atoms with Crippen molar-refractivity contribution in [2.24, 2.45) is 5.73 Å². The van der Waals surface area contributed by atoms with Gasteiger partial charge in [-0.25, -0.2) is 0 Å².